The van der Waals surface area contributed by atoms with Crippen molar-refractivity contribution in [1.82, 2.24) is 0 Å². The second kappa shape index (κ2) is 13.3. The number of furan rings is 1. The molecule has 0 atom stereocenters. The predicted octanol–water partition coefficient (Wildman–Crippen LogP) is 17.2. The molecule has 1 heteroatoms. The minimum Gasteiger partial charge on any atom is -0.456 e. The average molecular weight is 773 g/mol. The number of hydrogen-bond donors (Lipinski definition) is 0. The van der Waals surface area contributed by atoms with Crippen LogP contribution < -0.4 is 0 Å². The van der Waals surface area contributed by atoms with Gasteiger partial charge in [0.25, 0.3) is 0 Å². The van der Waals surface area contributed by atoms with Crippen molar-refractivity contribution in [2.75, 3.05) is 0 Å². The van der Waals surface area contributed by atoms with Gasteiger partial charge in [0.1, 0.15) is 11.2 Å². The molecule has 282 valence electrons. The molecule has 61 heavy (non-hydrogen) atoms. The van der Waals surface area contributed by atoms with Gasteiger partial charge in [-0.25, -0.2) is 0 Å². The van der Waals surface area contributed by atoms with E-state index in [2.05, 4.69) is 218 Å². The van der Waals surface area contributed by atoms with Gasteiger partial charge in [0.15, 0.2) is 0 Å². The van der Waals surface area contributed by atoms with E-state index in [4.69, 9.17) is 4.42 Å². The Labute approximate surface area is 352 Å². The third kappa shape index (κ3) is 5.21. The quantitative estimate of drug-likeness (QED) is 0.128. The molecule has 0 N–H and O–H groups in total. The Bertz CT molecular complexity index is 3830. The number of fused-ring (bicyclic) bond motifs is 12. The van der Waals surface area contributed by atoms with Crippen LogP contribution in [-0.2, 0) is 0 Å². The Morgan fingerprint density at radius 1 is 0.213 bits per heavy atom. The van der Waals surface area contributed by atoms with Crippen molar-refractivity contribution in [2.45, 2.75) is 0 Å². The third-order valence-corrected chi connectivity index (χ3v) is 13.0. The minimum atomic E-state index is 0.904. The van der Waals surface area contributed by atoms with Gasteiger partial charge in [0.05, 0.1) is 0 Å². The van der Waals surface area contributed by atoms with E-state index < -0.39 is 0 Å². The summed E-state index contributed by atoms with van der Waals surface area (Å²) in [5, 5.41) is 17.4. The zero-order valence-corrected chi connectivity index (χ0v) is 33.2. The molecule has 13 aromatic rings. The highest BCUT2D eigenvalue weighted by Crippen LogP contribution is 2.46. The lowest BCUT2D eigenvalue weighted by atomic mass is 9.85. The summed E-state index contributed by atoms with van der Waals surface area (Å²) in [7, 11) is 0. The Balaban J connectivity index is 0.938. The third-order valence-electron chi connectivity index (χ3n) is 13.0. The van der Waals surface area contributed by atoms with Gasteiger partial charge in [-0.3, -0.25) is 0 Å². The summed E-state index contributed by atoms with van der Waals surface area (Å²) in [6, 6.07) is 80.1. The van der Waals surface area contributed by atoms with Crippen LogP contribution in [0.15, 0.2) is 223 Å². The predicted molar refractivity (Wildman–Crippen MR) is 260 cm³/mol. The van der Waals surface area contributed by atoms with Gasteiger partial charge in [-0.2, -0.15) is 0 Å². The lowest BCUT2D eigenvalue weighted by Crippen LogP contribution is -1.91. The highest BCUT2D eigenvalue weighted by atomic mass is 16.3. The van der Waals surface area contributed by atoms with Crippen molar-refractivity contribution in [2.24, 2.45) is 0 Å². The molecule has 0 amide bonds. The van der Waals surface area contributed by atoms with E-state index in [-0.39, 0.29) is 0 Å². The van der Waals surface area contributed by atoms with E-state index >= 15 is 0 Å². The topological polar surface area (TPSA) is 13.1 Å². The van der Waals surface area contributed by atoms with Gasteiger partial charge in [0, 0.05) is 10.8 Å². The fourth-order valence-corrected chi connectivity index (χ4v) is 10.2. The molecule has 0 aliphatic heterocycles. The van der Waals surface area contributed by atoms with Crippen molar-refractivity contribution < 1.29 is 4.42 Å². The maximum Gasteiger partial charge on any atom is 0.136 e. The van der Waals surface area contributed by atoms with Crippen molar-refractivity contribution in [1.29, 1.82) is 0 Å². The molecule has 0 radical (unpaired) electrons. The summed E-state index contributed by atoms with van der Waals surface area (Å²) >= 11 is 0. The Morgan fingerprint density at radius 2 is 0.607 bits per heavy atom. The first-order chi connectivity index (χ1) is 30.2. The first kappa shape index (κ1) is 33.9. The Hall–Kier alpha value is -8.00. The molecule has 1 nitrogen and oxygen atoms in total. The second-order valence-corrected chi connectivity index (χ2v) is 16.3. The van der Waals surface area contributed by atoms with Gasteiger partial charge >= 0.3 is 0 Å². The van der Waals surface area contributed by atoms with E-state index in [1.807, 2.05) is 0 Å². The molecule has 0 fully saturated rings. The summed E-state index contributed by atoms with van der Waals surface area (Å²) < 4.78 is 6.58. The fraction of sp³-hybridized carbons (Fsp3) is 0. The normalized spacial score (nSPS) is 11.9. The van der Waals surface area contributed by atoms with Crippen LogP contribution in [0, 0.1) is 0 Å². The summed E-state index contributed by atoms with van der Waals surface area (Å²) in [5.41, 5.74) is 11.5. The van der Waals surface area contributed by atoms with Gasteiger partial charge in [-0.05, 0) is 139 Å². The second-order valence-electron chi connectivity index (χ2n) is 16.3. The SMILES string of the molecule is c1ccc(-c2ccc3c4ccccc4c4ccccc4c3c2)c(-c2ccc(-c3c4ccccc4c(-c4ccc5c(c4)oc4cc6ccccc6cc45)c4ccccc34)cc2)c1. The van der Waals surface area contributed by atoms with Crippen LogP contribution in [0.25, 0.3) is 131 Å². The molecule has 0 bridgehead atoms. The molecule has 0 aliphatic carbocycles. The molecule has 12 aromatic carbocycles. The smallest absolute Gasteiger partial charge is 0.136 e. The van der Waals surface area contributed by atoms with Crippen LogP contribution in [0.3, 0.4) is 0 Å². The molecular weight excluding hydrogens is 737 g/mol. The molecule has 0 saturated heterocycles. The summed E-state index contributed by atoms with van der Waals surface area (Å²) in [4.78, 5) is 0. The van der Waals surface area contributed by atoms with Crippen LogP contribution in [0.5, 0.6) is 0 Å². The van der Waals surface area contributed by atoms with Crippen LogP contribution in [0.2, 0.25) is 0 Å². The van der Waals surface area contributed by atoms with Crippen LogP contribution in [0.1, 0.15) is 0 Å². The monoisotopic (exact) mass is 772 g/mol. The zero-order chi connectivity index (χ0) is 40.0. The zero-order valence-electron chi connectivity index (χ0n) is 33.2. The average Bonchev–Trinajstić information content (AvgIpc) is 3.69. The van der Waals surface area contributed by atoms with Gasteiger partial charge in [-0.15, -0.1) is 0 Å². The molecule has 0 unspecified atom stereocenters. The number of benzene rings is 12. The van der Waals surface area contributed by atoms with Gasteiger partial charge < -0.3 is 4.42 Å². The molecule has 0 aliphatic rings. The van der Waals surface area contributed by atoms with E-state index in [0.717, 1.165) is 27.5 Å². The maximum atomic E-state index is 6.58. The lowest BCUT2D eigenvalue weighted by Gasteiger charge is -2.18. The van der Waals surface area contributed by atoms with Crippen LogP contribution in [-0.4, -0.2) is 0 Å². The maximum absolute atomic E-state index is 6.58. The number of rotatable bonds is 4. The van der Waals surface area contributed by atoms with Gasteiger partial charge in [-0.1, -0.05) is 188 Å². The van der Waals surface area contributed by atoms with Crippen molar-refractivity contribution in [3.63, 3.8) is 0 Å². The Kier molecular flexibility index (Phi) is 7.37. The van der Waals surface area contributed by atoms with Crippen LogP contribution in [0.4, 0.5) is 0 Å². The number of hydrogen-bond acceptors (Lipinski definition) is 1. The highest BCUT2D eigenvalue weighted by molar-refractivity contribution is 6.26. The molecule has 1 aromatic heterocycles. The lowest BCUT2D eigenvalue weighted by molar-refractivity contribution is 0.669. The molecule has 1 heterocycles. The summed E-state index contributed by atoms with van der Waals surface area (Å²) in [6.45, 7) is 0. The molecule has 0 saturated carbocycles. The van der Waals surface area contributed by atoms with Crippen molar-refractivity contribution in [3.8, 4) is 44.5 Å². The fourth-order valence-electron chi connectivity index (χ4n) is 10.2. The Morgan fingerprint density at radius 3 is 1.21 bits per heavy atom. The van der Waals surface area contributed by atoms with E-state index in [0.29, 0.717) is 0 Å². The largest absolute Gasteiger partial charge is 0.456 e. The van der Waals surface area contributed by atoms with E-state index in [1.165, 1.54) is 104 Å². The van der Waals surface area contributed by atoms with E-state index in [9.17, 15) is 0 Å². The summed E-state index contributed by atoms with van der Waals surface area (Å²) in [5.74, 6) is 0. The van der Waals surface area contributed by atoms with Crippen molar-refractivity contribution in [3.05, 3.63) is 218 Å². The summed E-state index contributed by atoms with van der Waals surface area (Å²) in [6.07, 6.45) is 0. The first-order valence-corrected chi connectivity index (χ1v) is 21.1. The first-order valence-electron chi connectivity index (χ1n) is 21.1. The standard InChI is InChI=1S/C60H36O/c1-2-14-40-35-58-56(33-39(40)13-1)50-32-30-42(36-57(50)61-58)60-53-23-11-9-21-51(53)59(52-22-10-12-24-54(52)60)38-27-25-37(26-28-38)43-15-3-4-16-44(43)41-29-31-49-47-19-6-5-17-45(47)46-18-7-8-20-48(46)55(49)34-41/h1-36H. The minimum absolute atomic E-state index is 0.904. The van der Waals surface area contributed by atoms with Crippen LogP contribution >= 0.6 is 0 Å². The molecule has 13 rings (SSSR count). The van der Waals surface area contributed by atoms with Crippen molar-refractivity contribution >= 4 is 86.6 Å². The van der Waals surface area contributed by atoms with E-state index in [1.54, 1.807) is 0 Å². The van der Waals surface area contributed by atoms with Gasteiger partial charge in [0.2, 0.25) is 0 Å². The molecule has 0 spiro atoms. The molecular formula is C60H36O. The highest BCUT2D eigenvalue weighted by Gasteiger charge is 2.19.